The third kappa shape index (κ3) is 2.64. The summed E-state index contributed by atoms with van der Waals surface area (Å²) in [6.45, 7) is 1.30. The predicted molar refractivity (Wildman–Crippen MR) is 87.9 cm³/mol. The van der Waals surface area contributed by atoms with Gasteiger partial charge in [0.1, 0.15) is 5.75 Å². The zero-order valence-corrected chi connectivity index (χ0v) is 14.4. The molecule has 3 nitrogen and oxygen atoms in total. The van der Waals surface area contributed by atoms with Crippen LogP contribution >= 0.6 is 43.2 Å². The lowest BCUT2D eigenvalue weighted by molar-refractivity contribution is 0.0987. The average Bonchev–Trinajstić information content (AvgIpc) is 2.66. The number of hydrogen-bond acceptors (Lipinski definition) is 3. The highest BCUT2D eigenvalue weighted by Crippen LogP contribution is 2.36. The molecule has 1 aromatic heterocycles. The first-order valence-corrected chi connectivity index (χ1v) is 8.55. The van der Waals surface area contributed by atoms with Gasteiger partial charge in [0.25, 0.3) is 5.91 Å². The van der Waals surface area contributed by atoms with Gasteiger partial charge < -0.3 is 9.64 Å². The van der Waals surface area contributed by atoms with Crippen LogP contribution in [0.5, 0.6) is 5.75 Å². The normalized spacial score (nSPS) is 14.4. The number of carbonyl (C=O) groups is 1. The zero-order valence-electron chi connectivity index (χ0n) is 10.4. The Bertz CT molecular complexity index is 656. The molecule has 2 aromatic rings. The van der Waals surface area contributed by atoms with Crippen molar-refractivity contribution in [3.05, 3.63) is 43.5 Å². The van der Waals surface area contributed by atoms with E-state index in [1.807, 2.05) is 30.3 Å². The number of hydrogen-bond donors (Lipinski definition) is 0. The standard InChI is InChI=1S/C14H11Br2NO2S/c15-12-8-9(13(16)20-12)14(18)17-6-3-7-19-11-5-2-1-4-10(11)17/h1-2,4-5,8H,3,6-7H2. The number of nitrogens with zero attached hydrogens (tertiary/aromatic N) is 1. The van der Waals surface area contributed by atoms with Gasteiger partial charge in [-0.25, -0.2) is 0 Å². The molecule has 1 aromatic carbocycles. The number of halogens is 2. The number of ether oxygens (including phenoxy) is 1. The van der Waals surface area contributed by atoms with Gasteiger partial charge in [-0.05, 0) is 56.5 Å². The van der Waals surface area contributed by atoms with Crippen molar-refractivity contribution in [2.45, 2.75) is 6.42 Å². The van der Waals surface area contributed by atoms with Crippen molar-refractivity contribution in [2.75, 3.05) is 18.1 Å². The van der Waals surface area contributed by atoms with Crippen LogP contribution < -0.4 is 9.64 Å². The molecular formula is C14H11Br2NO2S. The van der Waals surface area contributed by atoms with Crippen molar-refractivity contribution in [2.24, 2.45) is 0 Å². The summed E-state index contributed by atoms with van der Waals surface area (Å²) in [6, 6.07) is 9.52. The monoisotopic (exact) mass is 415 g/mol. The maximum atomic E-state index is 12.8. The molecule has 1 aliphatic rings. The van der Waals surface area contributed by atoms with Gasteiger partial charge in [0, 0.05) is 6.54 Å². The number of anilines is 1. The Labute approximate surface area is 137 Å². The van der Waals surface area contributed by atoms with Crippen molar-refractivity contribution in [1.82, 2.24) is 0 Å². The minimum absolute atomic E-state index is 0.00299. The van der Waals surface area contributed by atoms with E-state index in [4.69, 9.17) is 4.74 Å². The summed E-state index contributed by atoms with van der Waals surface area (Å²) < 4.78 is 7.47. The van der Waals surface area contributed by atoms with E-state index in [9.17, 15) is 4.79 Å². The number of fused-ring (bicyclic) bond motifs is 1. The van der Waals surface area contributed by atoms with Crippen LogP contribution in [0, 0.1) is 0 Å². The van der Waals surface area contributed by atoms with Gasteiger partial charge in [-0.15, -0.1) is 11.3 Å². The summed E-state index contributed by atoms with van der Waals surface area (Å²) >= 11 is 8.37. The van der Waals surface area contributed by atoms with E-state index in [0.29, 0.717) is 18.7 Å². The highest BCUT2D eigenvalue weighted by atomic mass is 79.9. The smallest absolute Gasteiger partial charge is 0.260 e. The number of amides is 1. The van der Waals surface area contributed by atoms with Gasteiger partial charge in [0.15, 0.2) is 0 Å². The second-order valence-corrected chi connectivity index (χ2v) is 8.11. The van der Waals surface area contributed by atoms with Crippen LogP contribution in [0.2, 0.25) is 0 Å². The predicted octanol–water partition coefficient (Wildman–Crippen LogP) is 4.70. The number of para-hydroxylation sites is 2. The van der Waals surface area contributed by atoms with Crippen LogP contribution in [-0.2, 0) is 0 Å². The third-order valence-electron chi connectivity index (χ3n) is 3.07. The molecular weight excluding hydrogens is 406 g/mol. The first-order valence-electron chi connectivity index (χ1n) is 6.15. The minimum Gasteiger partial charge on any atom is -0.491 e. The minimum atomic E-state index is -0.00299. The second kappa shape index (κ2) is 5.87. The molecule has 0 aliphatic carbocycles. The van der Waals surface area contributed by atoms with Crippen LogP contribution in [0.15, 0.2) is 37.9 Å². The lowest BCUT2D eigenvalue weighted by Crippen LogP contribution is -2.31. The van der Waals surface area contributed by atoms with E-state index in [1.54, 1.807) is 4.90 Å². The van der Waals surface area contributed by atoms with Crippen molar-refractivity contribution in [1.29, 1.82) is 0 Å². The largest absolute Gasteiger partial charge is 0.491 e. The highest BCUT2D eigenvalue weighted by molar-refractivity contribution is 9.12. The molecule has 20 heavy (non-hydrogen) atoms. The molecule has 1 amide bonds. The van der Waals surface area contributed by atoms with Crippen molar-refractivity contribution in [3.63, 3.8) is 0 Å². The van der Waals surface area contributed by atoms with E-state index < -0.39 is 0 Å². The fourth-order valence-electron chi connectivity index (χ4n) is 2.17. The van der Waals surface area contributed by atoms with Crippen LogP contribution in [0.4, 0.5) is 5.69 Å². The molecule has 0 saturated heterocycles. The van der Waals surface area contributed by atoms with Gasteiger partial charge in [-0.1, -0.05) is 12.1 Å². The van der Waals surface area contributed by atoms with Crippen LogP contribution in [0.1, 0.15) is 16.8 Å². The molecule has 0 N–H and O–H groups in total. The number of rotatable bonds is 1. The Morgan fingerprint density at radius 3 is 2.85 bits per heavy atom. The van der Waals surface area contributed by atoms with E-state index in [0.717, 1.165) is 25.4 Å². The molecule has 0 unspecified atom stereocenters. The van der Waals surface area contributed by atoms with Gasteiger partial charge >= 0.3 is 0 Å². The first kappa shape index (κ1) is 14.1. The first-order chi connectivity index (χ1) is 9.66. The molecule has 0 atom stereocenters. The molecule has 104 valence electrons. The van der Waals surface area contributed by atoms with Gasteiger partial charge in [0.05, 0.1) is 25.4 Å². The topological polar surface area (TPSA) is 29.5 Å². The van der Waals surface area contributed by atoms with E-state index in [1.165, 1.54) is 11.3 Å². The maximum absolute atomic E-state index is 12.8. The van der Waals surface area contributed by atoms with Crippen molar-refractivity contribution >= 4 is 54.8 Å². The SMILES string of the molecule is O=C(c1cc(Br)sc1Br)N1CCCOc2ccccc21. The van der Waals surface area contributed by atoms with E-state index in [2.05, 4.69) is 31.9 Å². The summed E-state index contributed by atoms with van der Waals surface area (Å²) in [7, 11) is 0. The molecule has 0 radical (unpaired) electrons. The summed E-state index contributed by atoms with van der Waals surface area (Å²) in [5.41, 5.74) is 1.52. The number of carbonyl (C=O) groups excluding carboxylic acids is 1. The maximum Gasteiger partial charge on any atom is 0.260 e. The summed E-state index contributed by atoms with van der Waals surface area (Å²) in [5.74, 6) is 0.764. The second-order valence-electron chi connectivity index (χ2n) is 4.36. The Hall–Kier alpha value is -0.850. The molecule has 0 fully saturated rings. The lowest BCUT2D eigenvalue weighted by Gasteiger charge is -2.21. The lowest BCUT2D eigenvalue weighted by atomic mass is 10.2. The van der Waals surface area contributed by atoms with Crippen LogP contribution in [-0.4, -0.2) is 19.1 Å². The quantitative estimate of drug-likeness (QED) is 0.674. The van der Waals surface area contributed by atoms with Gasteiger partial charge in [-0.2, -0.15) is 0 Å². The fourth-order valence-corrected chi connectivity index (χ4v) is 4.95. The average molecular weight is 417 g/mol. The van der Waals surface area contributed by atoms with E-state index >= 15 is 0 Å². The Morgan fingerprint density at radius 1 is 1.30 bits per heavy atom. The molecule has 2 heterocycles. The summed E-state index contributed by atoms with van der Waals surface area (Å²) in [6.07, 6.45) is 0.823. The number of benzene rings is 1. The van der Waals surface area contributed by atoms with Crippen molar-refractivity contribution in [3.8, 4) is 5.75 Å². The van der Waals surface area contributed by atoms with Crippen LogP contribution in [0.25, 0.3) is 0 Å². The Balaban J connectivity index is 2.01. The van der Waals surface area contributed by atoms with Gasteiger partial charge in [-0.3, -0.25) is 4.79 Å². The molecule has 1 aliphatic heterocycles. The Morgan fingerprint density at radius 2 is 2.10 bits per heavy atom. The van der Waals surface area contributed by atoms with E-state index in [-0.39, 0.29) is 5.91 Å². The molecule has 6 heteroatoms. The Kier molecular flexibility index (Phi) is 4.14. The zero-order chi connectivity index (χ0) is 14.1. The molecule has 0 saturated carbocycles. The molecule has 0 spiro atoms. The molecule has 3 rings (SSSR count). The summed E-state index contributed by atoms with van der Waals surface area (Å²) in [5, 5.41) is 0. The van der Waals surface area contributed by atoms with Crippen LogP contribution in [0.3, 0.4) is 0 Å². The number of thiophene rings is 1. The molecule has 0 bridgehead atoms. The fraction of sp³-hybridized carbons (Fsp3) is 0.214. The van der Waals surface area contributed by atoms with Crippen molar-refractivity contribution < 1.29 is 9.53 Å². The third-order valence-corrected chi connectivity index (χ3v) is 5.41. The van der Waals surface area contributed by atoms with Gasteiger partial charge in [0.2, 0.25) is 0 Å². The summed E-state index contributed by atoms with van der Waals surface area (Å²) in [4.78, 5) is 14.6. The highest BCUT2D eigenvalue weighted by Gasteiger charge is 2.25.